The van der Waals surface area contributed by atoms with Crippen LogP contribution in [-0.2, 0) is 30.0 Å². The Kier molecular flexibility index (Phi) is 4.81. The van der Waals surface area contributed by atoms with Gasteiger partial charge in [0.15, 0.2) is 0 Å². The molecule has 1 aliphatic rings. The average molecular weight is 488 g/mol. The number of rotatable bonds is 4. The molecule has 5 aromatic rings. The maximum atomic E-state index is 13.5. The van der Waals surface area contributed by atoms with E-state index in [4.69, 9.17) is 0 Å². The van der Waals surface area contributed by atoms with E-state index < -0.39 is 15.6 Å². The molecule has 176 valence electrons. The molecule has 0 atom stereocenters. The van der Waals surface area contributed by atoms with Gasteiger partial charge in [-0.25, -0.2) is 4.98 Å². The van der Waals surface area contributed by atoms with Gasteiger partial charge in [-0.05, 0) is 47.9 Å². The minimum atomic E-state index is -3.97. The first kappa shape index (κ1) is 21.3. The normalized spacial score (nSPS) is 13.8. The molecule has 2 aromatic carbocycles. The lowest BCUT2D eigenvalue weighted by molar-refractivity contribution is 0.573. The smallest absolute Gasteiger partial charge is 0.283 e. The summed E-state index contributed by atoms with van der Waals surface area (Å²) in [5.74, 6) is 0. The number of benzene rings is 2. The molecule has 0 unspecified atom stereocenters. The number of hydrogen-bond acceptors (Lipinski definition) is 7. The van der Waals surface area contributed by atoms with Crippen LogP contribution >= 0.6 is 0 Å². The van der Waals surface area contributed by atoms with Gasteiger partial charge in [0.25, 0.3) is 15.6 Å². The van der Waals surface area contributed by atoms with E-state index in [1.165, 1.54) is 12.1 Å². The zero-order valence-electron chi connectivity index (χ0n) is 18.8. The molecule has 6 rings (SSSR count). The standard InChI is InChI=1S/C24H21N7O3S/c1-29-14-18(12-26-29)16-2-4-19(5-3-16)30-9-8-17-11-27-31(23(17)15-30)35(33,34)20-6-7-21-22(10-20)28-24(32)13-25-21/h2-7,10-14H,8-9,15H2,1H3,(H,28,32). The first-order valence-electron chi connectivity index (χ1n) is 11.0. The summed E-state index contributed by atoms with van der Waals surface area (Å²) in [6, 6.07) is 12.6. The van der Waals surface area contributed by atoms with Crippen molar-refractivity contribution in [3.63, 3.8) is 0 Å². The Balaban J connectivity index is 1.32. The van der Waals surface area contributed by atoms with E-state index in [0.717, 1.165) is 39.2 Å². The topological polar surface area (TPSA) is 119 Å². The van der Waals surface area contributed by atoms with Crippen molar-refractivity contribution in [3.05, 3.63) is 88.9 Å². The first-order chi connectivity index (χ1) is 16.9. The highest BCUT2D eigenvalue weighted by atomic mass is 32.2. The minimum Gasteiger partial charge on any atom is -0.365 e. The van der Waals surface area contributed by atoms with Crippen LogP contribution in [0.4, 0.5) is 5.69 Å². The van der Waals surface area contributed by atoms with Gasteiger partial charge in [0.05, 0.1) is 46.8 Å². The number of nitrogens with zero attached hydrogens (tertiary/aromatic N) is 6. The van der Waals surface area contributed by atoms with E-state index in [1.807, 2.05) is 43.7 Å². The summed E-state index contributed by atoms with van der Waals surface area (Å²) in [4.78, 5) is 20.5. The summed E-state index contributed by atoms with van der Waals surface area (Å²) in [6.07, 6.45) is 7.26. The molecule has 0 radical (unpaired) electrons. The van der Waals surface area contributed by atoms with Gasteiger partial charge in [-0.1, -0.05) is 12.1 Å². The van der Waals surface area contributed by atoms with Crippen LogP contribution in [0.15, 0.2) is 76.9 Å². The molecule has 1 N–H and O–H groups in total. The van der Waals surface area contributed by atoms with Crippen molar-refractivity contribution < 1.29 is 8.42 Å². The summed E-state index contributed by atoms with van der Waals surface area (Å²) in [7, 11) is -2.08. The molecule has 35 heavy (non-hydrogen) atoms. The zero-order chi connectivity index (χ0) is 24.2. The Morgan fingerprint density at radius 1 is 0.971 bits per heavy atom. The molecule has 0 bridgehead atoms. The summed E-state index contributed by atoms with van der Waals surface area (Å²) >= 11 is 0. The Bertz CT molecular complexity index is 1730. The fraction of sp³-hybridized carbons (Fsp3) is 0.167. The number of nitrogens with one attached hydrogen (secondary N) is 1. The molecular formula is C24H21N7O3S. The predicted octanol–water partition coefficient (Wildman–Crippen LogP) is 2.32. The predicted molar refractivity (Wildman–Crippen MR) is 131 cm³/mol. The number of anilines is 1. The number of aryl methyl sites for hydroxylation is 1. The second-order valence-corrected chi connectivity index (χ2v) is 10.3. The zero-order valence-corrected chi connectivity index (χ0v) is 19.6. The molecule has 10 nitrogen and oxygen atoms in total. The van der Waals surface area contributed by atoms with Crippen molar-refractivity contribution in [1.82, 2.24) is 28.9 Å². The third-order valence-corrected chi connectivity index (χ3v) is 7.87. The van der Waals surface area contributed by atoms with Gasteiger partial charge >= 0.3 is 0 Å². The van der Waals surface area contributed by atoms with Gasteiger partial charge in [-0.15, -0.1) is 0 Å². The van der Waals surface area contributed by atoms with E-state index >= 15 is 0 Å². The third-order valence-electron chi connectivity index (χ3n) is 6.25. The Morgan fingerprint density at radius 3 is 2.57 bits per heavy atom. The fourth-order valence-corrected chi connectivity index (χ4v) is 5.76. The van der Waals surface area contributed by atoms with Crippen LogP contribution in [-0.4, -0.2) is 43.9 Å². The van der Waals surface area contributed by atoms with Crippen molar-refractivity contribution in [2.75, 3.05) is 11.4 Å². The van der Waals surface area contributed by atoms with Gasteiger partial charge in [0.2, 0.25) is 0 Å². The molecular weight excluding hydrogens is 466 g/mol. The fourth-order valence-electron chi connectivity index (χ4n) is 4.42. The molecule has 3 aromatic heterocycles. The van der Waals surface area contributed by atoms with Crippen LogP contribution in [0.25, 0.3) is 22.2 Å². The quantitative estimate of drug-likeness (QED) is 0.413. The monoisotopic (exact) mass is 487 g/mol. The largest absolute Gasteiger partial charge is 0.365 e. The second-order valence-electron chi connectivity index (χ2n) is 8.51. The SMILES string of the molecule is Cn1cc(-c2ccc(N3CCc4cnn(S(=O)(=O)c5ccc6ncc(=O)[nH]c6c5)c4C3)cc2)cn1. The van der Waals surface area contributed by atoms with Crippen LogP contribution in [0, 0.1) is 0 Å². The number of aromatic nitrogens is 6. The van der Waals surface area contributed by atoms with Crippen molar-refractivity contribution >= 4 is 26.7 Å². The highest BCUT2D eigenvalue weighted by Gasteiger charge is 2.28. The van der Waals surface area contributed by atoms with E-state index in [2.05, 4.69) is 25.1 Å². The average Bonchev–Trinajstić information content (AvgIpc) is 3.50. The van der Waals surface area contributed by atoms with Gasteiger partial charge in [0, 0.05) is 31.0 Å². The van der Waals surface area contributed by atoms with Crippen molar-refractivity contribution in [2.24, 2.45) is 7.05 Å². The lowest BCUT2D eigenvalue weighted by Gasteiger charge is -2.29. The van der Waals surface area contributed by atoms with Crippen molar-refractivity contribution in [2.45, 2.75) is 17.9 Å². The third kappa shape index (κ3) is 3.69. The highest BCUT2D eigenvalue weighted by molar-refractivity contribution is 7.89. The van der Waals surface area contributed by atoms with Crippen LogP contribution in [0.3, 0.4) is 0 Å². The molecule has 0 saturated heterocycles. The van der Waals surface area contributed by atoms with E-state index in [1.54, 1.807) is 16.9 Å². The first-order valence-corrected chi connectivity index (χ1v) is 12.5. The van der Waals surface area contributed by atoms with Gasteiger partial charge in [-0.3, -0.25) is 9.48 Å². The summed E-state index contributed by atoms with van der Waals surface area (Å²) in [5.41, 5.74) is 5.12. The van der Waals surface area contributed by atoms with Gasteiger partial charge in [-0.2, -0.15) is 22.7 Å². The van der Waals surface area contributed by atoms with Crippen molar-refractivity contribution in [1.29, 1.82) is 0 Å². The molecule has 11 heteroatoms. The maximum absolute atomic E-state index is 13.5. The second kappa shape index (κ2) is 7.91. The van der Waals surface area contributed by atoms with E-state index in [-0.39, 0.29) is 4.90 Å². The molecule has 0 spiro atoms. The Hall–Kier alpha value is -4.25. The molecule has 1 aliphatic heterocycles. The molecule has 0 saturated carbocycles. The lowest BCUT2D eigenvalue weighted by atomic mass is 10.1. The number of H-pyrrole nitrogens is 1. The van der Waals surface area contributed by atoms with Gasteiger partial charge in [0.1, 0.15) is 0 Å². The Labute approximate surface area is 200 Å². The Morgan fingerprint density at radius 2 is 1.80 bits per heavy atom. The number of hydrogen-bond donors (Lipinski definition) is 1. The van der Waals surface area contributed by atoms with Crippen LogP contribution in [0.2, 0.25) is 0 Å². The number of aromatic amines is 1. The van der Waals surface area contributed by atoms with E-state index in [9.17, 15) is 13.2 Å². The molecule has 0 amide bonds. The highest BCUT2D eigenvalue weighted by Crippen LogP contribution is 2.29. The van der Waals surface area contributed by atoms with E-state index in [0.29, 0.717) is 29.7 Å². The summed E-state index contributed by atoms with van der Waals surface area (Å²) < 4.78 is 29.9. The summed E-state index contributed by atoms with van der Waals surface area (Å²) in [6.45, 7) is 1.17. The minimum absolute atomic E-state index is 0.0393. The van der Waals surface area contributed by atoms with Crippen LogP contribution < -0.4 is 10.5 Å². The molecule has 4 heterocycles. The molecule has 0 fully saturated rings. The van der Waals surface area contributed by atoms with Crippen molar-refractivity contribution in [3.8, 4) is 11.1 Å². The summed E-state index contributed by atoms with van der Waals surface area (Å²) in [5, 5.41) is 8.45. The molecule has 0 aliphatic carbocycles. The van der Waals surface area contributed by atoms with Crippen LogP contribution in [0.5, 0.6) is 0 Å². The van der Waals surface area contributed by atoms with Gasteiger partial charge < -0.3 is 9.88 Å². The maximum Gasteiger partial charge on any atom is 0.283 e. The number of fused-ring (bicyclic) bond motifs is 2. The van der Waals surface area contributed by atoms with Crippen LogP contribution in [0.1, 0.15) is 11.3 Å². The lowest BCUT2D eigenvalue weighted by Crippen LogP contribution is -2.32.